The molecule has 2 aromatic carbocycles. The van der Waals surface area contributed by atoms with Crippen LogP contribution in [0.15, 0.2) is 58.7 Å². The van der Waals surface area contributed by atoms with Gasteiger partial charge in [-0.05, 0) is 35.9 Å². The van der Waals surface area contributed by atoms with E-state index >= 15 is 0 Å². The number of hydrogen-bond acceptors (Lipinski definition) is 6. The first-order valence-corrected chi connectivity index (χ1v) is 9.16. The number of rotatable bonds is 7. The Morgan fingerprint density at radius 3 is 2.71 bits per heavy atom. The summed E-state index contributed by atoms with van der Waals surface area (Å²) in [6.07, 6.45) is 1.22. The van der Waals surface area contributed by atoms with E-state index in [1.54, 1.807) is 42.5 Å². The van der Waals surface area contributed by atoms with Crippen LogP contribution in [0.3, 0.4) is 0 Å². The normalized spacial score (nSPS) is 17.8. The molecule has 0 bridgehead atoms. The van der Waals surface area contributed by atoms with Crippen molar-refractivity contribution in [2.75, 3.05) is 0 Å². The van der Waals surface area contributed by atoms with Crippen LogP contribution in [0.4, 0.5) is 4.39 Å². The first-order valence-electron chi connectivity index (χ1n) is 8.28. The number of ether oxygens (including phenoxy) is 1. The summed E-state index contributed by atoms with van der Waals surface area (Å²) in [7, 11) is 0. The van der Waals surface area contributed by atoms with Crippen molar-refractivity contribution in [3.8, 4) is 5.75 Å². The lowest BCUT2D eigenvalue weighted by Gasteiger charge is -2.07. The van der Waals surface area contributed by atoms with Gasteiger partial charge in [-0.25, -0.2) is 4.39 Å². The number of carbonyl (C=O) groups is 2. The number of hydrogen-bond donors (Lipinski definition) is 2. The van der Waals surface area contributed by atoms with Crippen LogP contribution in [0, 0.1) is 5.82 Å². The maximum atomic E-state index is 13.6. The standard InChI is InChI=1S/C19H16FN3O4S/c20-15-4-2-1-3-13(15)11-27-14-7-5-12(6-8-14)10-21-23-19-22-18(26)16(28-19)9-17(24)25/h1-8,10,16H,9,11H2,(H,24,25)(H,22,23,26)/b21-10-/t16-/m0/s1. The molecule has 0 aromatic heterocycles. The average molecular weight is 401 g/mol. The van der Waals surface area contributed by atoms with E-state index in [-0.39, 0.29) is 24.0 Å². The molecule has 144 valence electrons. The van der Waals surface area contributed by atoms with Crippen molar-refractivity contribution in [2.45, 2.75) is 18.3 Å². The highest BCUT2D eigenvalue weighted by Crippen LogP contribution is 2.22. The van der Waals surface area contributed by atoms with Crippen molar-refractivity contribution in [1.82, 2.24) is 5.32 Å². The topological polar surface area (TPSA) is 100 Å². The summed E-state index contributed by atoms with van der Waals surface area (Å²) >= 11 is 1.03. The Bertz CT molecular complexity index is 931. The van der Waals surface area contributed by atoms with Crippen molar-refractivity contribution < 1.29 is 23.8 Å². The number of carboxylic acids is 1. The van der Waals surface area contributed by atoms with Gasteiger partial charge in [-0.2, -0.15) is 5.10 Å². The highest BCUT2D eigenvalue weighted by atomic mass is 32.2. The highest BCUT2D eigenvalue weighted by molar-refractivity contribution is 8.15. The van der Waals surface area contributed by atoms with E-state index in [0.29, 0.717) is 11.3 Å². The van der Waals surface area contributed by atoms with E-state index in [2.05, 4.69) is 15.5 Å². The van der Waals surface area contributed by atoms with E-state index in [9.17, 15) is 14.0 Å². The lowest BCUT2D eigenvalue weighted by Crippen LogP contribution is -2.26. The Labute approximate surface area is 164 Å². The second-order valence-electron chi connectivity index (χ2n) is 5.79. The zero-order valence-electron chi connectivity index (χ0n) is 14.5. The third-order valence-corrected chi connectivity index (χ3v) is 4.80. The first-order chi connectivity index (χ1) is 13.5. The van der Waals surface area contributed by atoms with Crippen molar-refractivity contribution in [3.05, 3.63) is 65.5 Å². The number of nitrogens with zero attached hydrogens (tertiary/aromatic N) is 2. The molecule has 1 atom stereocenters. The van der Waals surface area contributed by atoms with Gasteiger partial charge >= 0.3 is 5.97 Å². The maximum absolute atomic E-state index is 13.6. The Balaban J connectivity index is 1.53. The van der Waals surface area contributed by atoms with Crippen LogP contribution in [0.5, 0.6) is 5.75 Å². The number of benzene rings is 2. The fourth-order valence-corrected chi connectivity index (χ4v) is 3.23. The van der Waals surface area contributed by atoms with Gasteiger partial charge in [-0.3, -0.25) is 9.59 Å². The molecule has 1 amide bonds. The molecule has 1 aliphatic rings. The van der Waals surface area contributed by atoms with Crippen molar-refractivity contribution in [2.24, 2.45) is 10.2 Å². The van der Waals surface area contributed by atoms with Gasteiger partial charge in [0.1, 0.15) is 23.4 Å². The van der Waals surface area contributed by atoms with Gasteiger partial charge in [-0.15, -0.1) is 5.10 Å². The maximum Gasteiger partial charge on any atom is 0.305 e. The summed E-state index contributed by atoms with van der Waals surface area (Å²) in [6, 6.07) is 13.4. The molecule has 28 heavy (non-hydrogen) atoms. The second kappa shape index (κ2) is 9.14. The molecule has 0 radical (unpaired) electrons. The van der Waals surface area contributed by atoms with E-state index < -0.39 is 17.1 Å². The predicted octanol–water partition coefficient (Wildman–Crippen LogP) is 2.80. The van der Waals surface area contributed by atoms with Gasteiger partial charge < -0.3 is 15.2 Å². The molecule has 2 N–H and O–H groups in total. The molecule has 0 aliphatic carbocycles. The molecule has 3 rings (SSSR count). The third kappa shape index (κ3) is 5.40. The zero-order chi connectivity index (χ0) is 19.9. The monoisotopic (exact) mass is 401 g/mol. The number of thioether (sulfide) groups is 1. The van der Waals surface area contributed by atoms with Gasteiger partial charge in [-0.1, -0.05) is 30.0 Å². The fourth-order valence-electron chi connectivity index (χ4n) is 2.32. The van der Waals surface area contributed by atoms with E-state index in [1.165, 1.54) is 12.3 Å². The zero-order valence-corrected chi connectivity index (χ0v) is 15.4. The Hall–Kier alpha value is -3.20. The van der Waals surface area contributed by atoms with Gasteiger partial charge in [0.05, 0.1) is 12.6 Å². The quantitative estimate of drug-likeness (QED) is 0.549. The Morgan fingerprint density at radius 2 is 2.00 bits per heavy atom. The van der Waals surface area contributed by atoms with Crippen LogP contribution in [0.25, 0.3) is 0 Å². The molecular formula is C19H16FN3O4S. The summed E-state index contributed by atoms with van der Waals surface area (Å²) in [6.45, 7) is 0.127. The van der Waals surface area contributed by atoms with Crippen LogP contribution in [-0.4, -0.2) is 33.6 Å². The van der Waals surface area contributed by atoms with Gasteiger partial charge in [0, 0.05) is 5.56 Å². The summed E-state index contributed by atoms with van der Waals surface area (Å²) in [5.41, 5.74) is 1.22. The van der Waals surface area contributed by atoms with Crippen molar-refractivity contribution >= 4 is 35.0 Å². The molecule has 0 spiro atoms. The first kappa shape index (κ1) is 19.6. The van der Waals surface area contributed by atoms with Crippen LogP contribution < -0.4 is 10.1 Å². The lowest BCUT2D eigenvalue weighted by atomic mass is 10.2. The molecule has 1 fully saturated rings. The highest BCUT2D eigenvalue weighted by Gasteiger charge is 2.32. The number of amides is 1. The molecule has 1 aliphatic heterocycles. The van der Waals surface area contributed by atoms with Crippen LogP contribution in [0.1, 0.15) is 17.5 Å². The molecule has 0 saturated carbocycles. The predicted molar refractivity (Wildman–Crippen MR) is 104 cm³/mol. The Kier molecular flexibility index (Phi) is 6.38. The molecule has 1 saturated heterocycles. The Morgan fingerprint density at radius 1 is 1.25 bits per heavy atom. The van der Waals surface area contributed by atoms with Crippen LogP contribution in [-0.2, 0) is 16.2 Å². The summed E-state index contributed by atoms with van der Waals surface area (Å²) in [5.74, 6) is -1.16. The molecular weight excluding hydrogens is 385 g/mol. The number of carbonyl (C=O) groups excluding carboxylic acids is 1. The third-order valence-electron chi connectivity index (χ3n) is 3.72. The number of aliphatic carboxylic acids is 1. The number of carboxylic acid groups (broad SMARTS) is 1. The van der Waals surface area contributed by atoms with Gasteiger partial charge in [0.2, 0.25) is 5.91 Å². The van der Waals surface area contributed by atoms with Crippen LogP contribution >= 0.6 is 11.8 Å². The summed E-state index contributed by atoms with van der Waals surface area (Å²) < 4.78 is 19.1. The smallest absolute Gasteiger partial charge is 0.305 e. The summed E-state index contributed by atoms with van der Waals surface area (Å²) in [5, 5.41) is 18.6. The fraction of sp³-hybridized carbons (Fsp3) is 0.158. The van der Waals surface area contributed by atoms with Gasteiger partial charge in [0.25, 0.3) is 0 Å². The molecule has 7 nitrogen and oxygen atoms in total. The lowest BCUT2D eigenvalue weighted by molar-refractivity contribution is -0.138. The number of amidine groups is 1. The SMILES string of the molecule is O=C(O)C[C@@H]1S/C(=N\N=C/c2ccc(OCc3ccccc3F)cc2)NC1=O. The minimum atomic E-state index is -1.05. The number of nitrogens with one attached hydrogen (secondary N) is 1. The second-order valence-corrected chi connectivity index (χ2v) is 6.98. The minimum absolute atomic E-state index is 0.127. The van der Waals surface area contributed by atoms with Gasteiger partial charge in [0.15, 0.2) is 5.17 Å². The molecule has 2 aromatic rings. The van der Waals surface area contributed by atoms with E-state index in [0.717, 1.165) is 17.3 Å². The molecule has 0 unspecified atom stereocenters. The summed E-state index contributed by atoms with van der Waals surface area (Å²) in [4.78, 5) is 22.3. The minimum Gasteiger partial charge on any atom is -0.489 e. The molecule has 9 heteroatoms. The van der Waals surface area contributed by atoms with Crippen molar-refractivity contribution in [3.63, 3.8) is 0 Å². The average Bonchev–Trinajstić information content (AvgIpc) is 3.01. The van der Waals surface area contributed by atoms with Crippen molar-refractivity contribution in [1.29, 1.82) is 0 Å². The largest absolute Gasteiger partial charge is 0.489 e. The number of halogens is 1. The van der Waals surface area contributed by atoms with Crippen LogP contribution in [0.2, 0.25) is 0 Å². The van der Waals surface area contributed by atoms with E-state index in [4.69, 9.17) is 9.84 Å². The molecule has 1 heterocycles. The van der Waals surface area contributed by atoms with E-state index in [1.807, 2.05) is 0 Å².